The molecule has 31 heavy (non-hydrogen) atoms. The summed E-state index contributed by atoms with van der Waals surface area (Å²) in [5.74, 6) is 1.63. The first-order valence-electron chi connectivity index (χ1n) is 11.8. The molecule has 0 saturated heterocycles. The highest BCUT2D eigenvalue weighted by atomic mass is 19.1. The lowest BCUT2D eigenvalue weighted by Gasteiger charge is -2.60. The Morgan fingerprint density at radius 3 is 2.55 bits per heavy atom. The Balaban J connectivity index is 1.37. The van der Waals surface area contributed by atoms with Crippen LogP contribution in [0.25, 0.3) is 0 Å². The largest absolute Gasteiger partial charge is 0.338 e. The van der Waals surface area contributed by atoms with Crippen LogP contribution in [0.5, 0.6) is 0 Å². The maximum absolute atomic E-state index is 13.2. The molecule has 5 rings (SSSR count). The smallest absolute Gasteiger partial charge is 0.246 e. The fourth-order valence-electron chi connectivity index (χ4n) is 7.93. The number of rotatable bonds is 2. The van der Waals surface area contributed by atoms with E-state index in [9.17, 15) is 14.0 Å². The second-order valence-electron chi connectivity index (χ2n) is 10.8. The summed E-state index contributed by atoms with van der Waals surface area (Å²) in [5, 5.41) is 3.04. The fraction of sp³-hybridized carbons (Fsp3) is 0.615. The summed E-state index contributed by atoms with van der Waals surface area (Å²) in [5.41, 5.74) is 0.704. The van der Waals surface area contributed by atoms with E-state index in [1.54, 1.807) is 18.2 Å². The number of benzene rings is 1. The van der Waals surface area contributed by atoms with Gasteiger partial charge in [0.2, 0.25) is 11.8 Å². The van der Waals surface area contributed by atoms with Crippen LogP contribution in [0.1, 0.15) is 52.4 Å². The molecular formula is C26H33FN2O2. The summed E-state index contributed by atoms with van der Waals surface area (Å²) in [4.78, 5) is 27.4. The maximum atomic E-state index is 13.2. The number of hydrogen-bond acceptors (Lipinski definition) is 2. The van der Waals surface area contributed by atoms with E-state index < -0.39 is 0 Å². The van der Waals surface area contributed by atoms with Crippen molar-refractivity contribution in [3.05, 3.63) is 42.2 Å². The Labute approximate surface area is 184 Å². The van der Waals surface area contributed by atoms with Crippen molar-refractivity contribution >= 4 is 17.5 Å². The Morgan fingerprint density at radius 1 is 1.06 bits per heavy atom. The molecule has 3 fully saturated rings. The lowest BCUT2D eigenvalue weighted by atomic mass is 9.47. The van der Waals surface area contributed by atoms with E-state index in [4.69, 9.17) is 0 Å². The zero-order chi connectivity index (χ0) is 22.0. The molecule has 5 heteroatoms. The van der Waals surface area contributed by atoms with Crippen LogP contribution >= 0.6 is 0 Å². The van der Waals surface area contributed by atoms with Gasteiger partial charge >= 0.3 is 0 Å². The molecule has 1 aromatic rings. The highest BCUT2D eigenvalue weighted by Crippen LogP contribution is 2.65. The van der Waals surface area contributed by atoms with E-state index in [2.05, 4.69) is 25.2 Å². The van der Waals surface area contributed by atoms with Crippen LogP contribution in [0.4, 0.5) is 10.1 Å². The van der Waals surface area contributed by atoms with Gasteiger partial charge < -0.3 is 10.2 Å². The molecule has 0 unspecified atom stereocenters. The van der Waals surface area contributed by atoms with Crippen LogP contribution in [0, 0.1) is 40.3 Å². The molecule has 0 spiro atoms. The van der Waals surface area contributed by atoms with Gasteiger partial charge in [0.05, 0.1) is 0 Å². The molecule has 3 aliphatic carbocycles. The number of nitrogens with zero attached hydrogens (tertiary/aromatic N) is 1. The van der Waals surface area contributed by atoms with E-state index in [1.165, 1.54) is 12.1 Å². The zero-order valence-corrected chi connectivity index (χ0v) is 18.7. The second-order valence-corrected chi connectivity index (χ2v) is 10.8. The summed E-state index contributed by atoms with van der Waals surface area (Å²) in [7, 11) is 1.95. The first-order chi connectivity index (χ1) is 14.7. The van der Waals surface area contributed by atoms with E-state index in [1.807, 2.05) is 11.9 Å². The Morgan fingerprint density at radius 2 is 1.81 bits per heavy atom. The van der Waals surface area contributed by atoms with Crippen molar-refractivity contribution in [2.45, 2.75) is 58.4 Å². The van der Waals surface area contributed by atoms with E-state index >= 15 is 0 Å². The number of likely N-dealkylation sites (N-methyl/N-ethyl adjacent to an activating group) is 1. The van der Waals surface area contributed by atoms with Gasteiger partial charge in [-0.1, -0.05) is 19.9 Å². The van der Waals surface area contributed by atoms with Crippen LogP contribution < -0.4 is 5.32 Å². The van der Waals surface area contributed by atoms with Crippen LogP contribution in [0.3, 0.4) is 0 Å². The minimum Gasteiger partial charge on any atom is -0.338 e. The van der Waals surface area contributed by atoms with Crippen LogP contribution in [-0.2, 0) is 9.59 Å². The Bertz CT molecular complexity index is 928. The van der Waals surface area contributed by atoms with Gasteiger partial charge in [-0.3, -0.25) is 9.59 Å². The number of halogens is 1. The van der Waals surface area contributed by atoms with Gasteiger partial charge in [0.15, 0.2) is 0 Å². The number of nitrogens with one attached hydrogen (secondary N) is 1. The topological polar surface area (TPSA) is 49.4 Å². The molecule has 1 aromatic carbocycles. The van der Waals surface area contributed by atoms with Gasteiger partial charge in [0.25, 0.3) is 0 Å². The zero-order valence-electron chi connectivity index (χ0n) is 18.7. The molecule has 0 radical (unpaired) electrons. The SMILES string of the molecule is CN1C(=O)C=C[C@]2(C)[C@H]3CC[C@]4(C)[C@@H](C(=O)Nc5ccc(F)cc5)CC[C@H]4[C@@H]3CC[C@@H]12. The van der Waals surface area contributed by atoms with Crippen LogP contribution in [0.15, 0.2) is 36.4 Å². The van der Waals surface area contributed by atoms with Gasteiger partial charge in [0, 0.05) is 30.1 Å². The molecule has 166 valence electrons. The first kappa shape index (κ1) is 20.7. The normalized spacial score (nSPS) is 41.4. The van der Waals surface area contributed by atoms with Crippen LogP contribution in [0.2, 0.25) is 0 Å². The van der Waals surface area contributed by atoms with Crippen molar-refractivity contribution in [2.75, 3.05) is 12.4 Å². The molecule has 3 saturated carbocycles. The first-order valence-corrected chi connectivity index (χ1v) is 11.8. The molecular weight excluding hydrogens is 391 g/mol. The van der Waals surface area contributed by atoms with Crippen molar-refractivity contribution in [1.29, 1.82) is 0 Å². The van der Waals surface area contributed by atoms with Crippen molar-refractivity contribution < 1.29 is 14.0 Å². The molecule has 4 aliphatic rings. The molecule has 2 amide bonds. The summed E-state index contributed by atoms with van der Waals surface area (Å²) in [6.45, 7) is 4.68. The number of amides is 2. The average molecular weight is 425 g/mol. The molecule has 7 atom stereocenters. The van der Waals surface area contributed by atoms with Gasteiger partial charge in [-0.15, -0.1) is 0 Å². The Hall–Kier alpha value is -2.17. The van der Waals surface area contributed by atoms with E-state index in [-0.39, 0.29) is 40.4 Å². The number of carbonyl (C=O) groups is 2. The predicted octanol–water partition coefficient (Wildman–Crippen LogP) is 5.02. The molecule has 1 heterocycles. The van der Waals surface area contributed by atoms with Crippen molar-refractivity contribution in [2.24, 2.45) is 34.5 Å². The number of carbonyl (C=O) groups excluding carboxylic acids is 2. The molecule has 4 nitrogen and oxygen atoms in total. The quantitative estimate of drug-likeness (QED) is 0.725. The second kappa shape index (κ2) is 7.18. The van der Waals surface area contributed by atoms with Crippen molar-refractivity contribution in [3.8, 4) is 0 Å². The summed E-state index contributed by atoms with van der Waals surface area (Å²) >= 11 is 0. The lowest BCUT2D eigenvalue weighted by molar-refractivity contribution is -0.141. The molecule has 1 aliphatic heterocycles. The standard InChI is InChI=1S/C26H33FN2O2/c1-25-14-12-20-18(8-11-22-26(20,2)15-13-23(30)29(22)3)19(25)9-10-21(25)24(31)28-17-6-4-16(27)5-7-17/h4-7,13,15,18-22H,8-12,14H2,1-3H3,(H,28,31)/t18-,19-,20-,21+,22+,25-,26+/m0/s1. The minimum atomic E-state index is -0.294. The van der Waals surface area contributed by atoms with Gasteiger partial charge in [-0.25, -0.2) is 4.39 Å². The van der Waals surface area contributed by atoms with Crippen molar-refractivity contribution in [1.82, 2.24) is 4.90 Å². The van der Waals surface area contributed by atoms with Gasteiger partial charge in [-0.05, 0) is 92.0 Å². The third-order valence-electron chi connectivity index (χ3n) is 9.56. The Kier molecular flexibility index (Phi) is 4.80. The fourth-order valence-corrected chi connectivity index (χ4v) is 7.93. The van der Waals surface area contributed by atoms with E-state index in [0.29, 0.717) is 23.4 Å². The average Bonchev–Trinajstić information content (AvgIpc) is 3.10. The van der Waals surface area contributed by atoms with Crippen molar-refractivity contribution in [3.63, 3.8) is 0 Å². The molecule has 1 N–H and O–H groups in total. The highest BCUT2D eigenvalue weighted by molar-refractivity contribution is 5.93. The monoisotopic (exact) mass is 424 g/mol. The summed E-state index contributed by atoms with van der Waals surface area (Å²) < 4.78 is 13.2. The van der Waals surface area contributed by atoms with Crippen LogP contribution in [-0.4, -0.2) is 29.8 Å². The number of hydrogen-bond donors (Lipinski definition) is 1. The van der Waals surface area contributed by atoms with Gasteiger partial charge in [-0.2, -0.15) is 0 Å². The highest BCUT2D eigenvalue weighted by Gasteiger charge is 2.61. The summed E-state index contributed by atoms with van der Waals surface area (Å²) in [6, 6.07) is 6.33. The van der Waals surface area contributed by atoms with Gasteiger partial charge in [0.1, 0.15) is 5.82 Å². The third kappa shape index (κ3) is 3.07. The molecule has 0 aromatic heterocycles. The summed E-state index contributed by atoms with van der Waals surface area (Å²) in [6.07, 6.45) is 10.3. The third-order valence-corrected chi connectivity index (χ3v) is 9.56. The maximum Gasteiger partial charge on any atom is 0.246 e. The molecule has 0 bridgehead atoms. The number of fused-ring (bicyclic) bond motifs is 5. The lowest BCUT2D eigenvalue weighted by Crippen LogP contribution is -2.59. The minimum absolute atomic E-state index is 0.000168. The van der Waals surface area contributed by atoms with E-state index in [0.717, 1.165) is 38.5 Å². The predicted molar refractivity (Wildman–Crippen MR) is 119 cm³/mol. The number of anilines is 1.